The first-order valence-electron chi connectivity index (χ1n) is 9.08. The monoisotopic (exact) mass is 333 g/mol. The molecule has 0 spiro atoms. The molecule has 5 nitrogen and oxygen atoms in total. The van der Waals surface area contributed by atoms with Gasteiger partial charge in [0.25, 0.3) is 0 Å². The Morgan fingerprint density at radius 1 is 1.25 bits per heavy atom. The molecule has 0 bridgehead atoms. The number of aliphatic hydroxyl groups excluding tert-OH is 1. The molecule has 0 radical (unpaired) electrons. The summed E-state index contributed by atoms with van der Waals surface area (Å²) in [6.07, 6.45) is 5.11. The van der Waals surface area contributed by atoms with Gasteiger partial charge in [0.1, 0.15) is 0 Å². The summed E-state index contributed by atoms with van der Waals surface area (Å²) in [6, 6.07) is 8.12. The number of carbonyl (C=O) groups excluding carboxylic acids is 1. The van der Waals surface area contributed by atoms with Crippen molar-refractivity contribution in [1.82, 2.24) is 10.6 Å². The maximum absolute atomic E-state index is 12.2. The second-order valence-corrected chi connectivity index (χ2v) is 6.87. The van der Waals surface area contributed by atoms with Crippen molar-refractivity contribution in [3.8, 4) is 0 Å². The molecule has 2 rings (SSSR count). The number of urea groups is 1. The van der Waals surface area contributed by atoms with E-state index < -0.39 is 0 Å². The molecule has 0 aromatic heterocycles. The number of hydrogen-bond acceptors (Lipinski definition) is 3. The van der Waals surface area contributed by atoms with Crippen LogP contribution in [0, 0.1) is 0 Å². The van der Waals surface area contributed by atoms with Gasteiger partial charge in [0, 0.05) is 37.5 Å². The molecule has 134 valence electrons. The third-order valence-electron chi connectivity index (χ3n) is 4.99. The minimum Gasteiger partial charge on any atom is -0.396 e. The number of aliphatic hydroxyl groups is 1. The first-order chi connectivity index (χ1) is 11.6. The highest BCUT2D eigenvalue weighted by Gasteiger charge is 2.23. The number of benzene rings is 1. The van der Waals surface area contributed by atoms with Crippen LogP contribution in [0.3, 0.4) is 0 Å². The van der Waals surface area contributed by atoms with Crippen LogP contribution in [0.4, 0.5) is 10.5 Å². The summed E-state index contributed by atoms with van der Waals surface area (Å²) in [7, 11) is 0. The zero-order valence-corrected chi connectivity index (χ0v) is 15.0. The van der Waals surface area contributed by atoms with Crippen molar-refractivity contribution < 1.29 is 9.90 Å². The van der Waals surface area contributed by atoms with E-state index in [4.69, 9.17) is 5.11 Å². The average molecular weight is 333 g/mol. The third-order valence-corrected chi connectivity index (χ3v) is 4.99. The standard InChI is InChI=1S/C19H31N3O2/c1-3-19(2,11-14-23)21-18(24)20-15-16-9-5-6-10-17(16)22-12-7-4-8-13-22/h5-6,9-10,23H,3-4,7-8,11-15H2,1-2H3,(H2,20,21,24). The van der Waals surface area contributed by atoms with Crippen LogP contribution in [-0.2, 0) is 6.54 Å². The van der Waals surface area contributed by atoms with E-state index in [1.807, 2.05) is 19.9 Å². The van der Waals surface area contributed by atoms with Crippen LogP contribution in [0.1, 0.15) is 51.5 Å². The van der Waals surface area contributed by atoms with Crippen LogP contribution in [0.2, 0.25) is 0 Å². The molecule has 2 amide bonds. The van der Waals surface area contributed by atoms with Crippen LogP contribution in [0.5, 0.6) is 0 Å². The highest BCUT2D eigenvalue weighted by atomic mass is 16.3. The maximum Gasteiger partial charge on any atom is 0.315 e. The van der Waals surface area contributed by atoms with E-state index in [0.717, 1.165) is 25.1 Å². The van der Waals surface area contributed by atoms with Gasteiger partial charge in [-0.05, 0) is 50.7 Å². The van der Waals surface area contributed by atoms with Crippen LogP contribution in [0.15, 0.2) is 24.3 Å². The van der Waals surface area contributed by atoms with Crippen molar-refractivity contribution in [2.24, 2.45) is 0 Å². The SMILES string of the molecule is CCC(C)(CCO)NC(=O)NCc1ccccc1N1CCCCC1. The Bertz CT molecular complexity index is 529. The van der Waals surface area contributed by atoms with Gasteiger partial charge in [0.15, 0.2) is 0 Å². The summed E-state index contributed by atoms with van der Waals surface area (Å²) in [4.78, 5) is 14.7. The first kappa shape index (κ1) is 18.6. The molecule has 24 heavy (non-hydrogen) atoms. The van der Waals surface area contributed by atoms with Gasteiger partial charge >= 0.3 is 6.03 Å². The Balaban J connectivity index is 1.95. The number of nitrogens with one attached hydrogen (secondary N) is 2. The number of piperidine rings is 1. The summed E-state index contributed by atoms with van der Waals surface area (Å²) in [6.45, 7) is 6.74. The molecule has 1 fully saturated rings. The highest BCUT2D eigenvalue weighted by Crippen LogP contribution is 2.24. The van der Waals surface area contributed by atoms with Gasteiger partial charge in [0.2, 0.25) is 0 Å². The third kappa shape index (κ3) is 5.13. The average Bonchev–Trinajstić information content (AvgIpc) is 2.61. The quantitative estimate of drug-likeness (QED) is 0.719. The zero-order chi connectivity index (χ0) is 17.4. The Kier molecular flexibility index (Phi) is 6.91. The van der Waals surface area contributed by atoms with Crippen molar-refractivity contribution >= 4 is 11.7 Å². The second kappa shape index (κ2) is 8.92. The largest absolute Gasteiger partial charge is 0.396 e. The fourth-order valence-electron chi connectivity index (χ4n) is 3.17. The van der Waals surface area contributed by atoms with Crippen LogP contribution < -0.4 is 15.5 Å². The van der Waals surface area contributed by atoms with E-state index in [1.165, 1.54) is 24.9 Å². The number of rotatable bonds is 7. The molecule has 1 aliphatic rings. The molecule has 3 N–H and O–H groups in total. The molecular weight excluding hydrogens is 302 g/mol. The van der Waals surface area contributed by atoms with Crippen LogP contribution >= 0.6 is 0 Å². The highest BCUT2D eigenvalue weighted by molar-refractivity contribution is 5.75. The van der Waals surface area contributed by atoms with Gasteiger partial charge < -0.3 is 20.6 Å². The maximum atomic E-state index is 12.2. The van der Waals surface area contributed by atoms with E-state index in [-0.39, 0.29) is 18.2 Å². The summed E-state index contributed by atoms with van der Waals surface area (Å²) >= 11 is 0. The number of amides is 2. The van der Waals surface area contributed by atoms with Gasteiger partial charge in [-0.25, -0.2) is 4.79 Å². The number of anilines is 1. The molecule has 1 aliphatic heterocycles. The lowest BCUT2D eigenvalue weighted by atomic mass is 9.95. The van der Waals surface area contributed by atoms with Crippen molar-refractivity contribution in [3.63, 3.8) is 0 Å². The molecule has 1 heterocycles. The summed E-state index contributed by atoms with van der Waals surface area (Å²) in [5.41, 5.74) is 2.01. The topological polar surface area (TPSA) is 64.6 Å². The smallest absolute Gasteiger partial charge is 0.315 e. The van der Waals surface area contributed by atoms with Crippen LogP contribution in [-0.4, -0.2) is 36.4 Å². The van der Waals surface area contributed by atoms with Gasteiger partial charge in [0.05, 0.1) is 0 Å². The second-order valence-electron chi connectivity index (χ2n) is 6.87. The Labute approximate surface area is 145 Å². The lowest BCUT2D eigenvalue weighted by Crippen LogP contribution is -2.50. The number of hydrogen-bond donors (Lipinski definition) is 3. The summed E-state index contributed by atoms with van der Waals surface area (Å²) in [5, 5.41) is 15.1. The van der Waals surface area contributed by atoms with E-state index in [1.54, 1.807) is 0 Å². The number of carbonyl (C=O) groups is 1. The zero-order valence-electron chi connectivity index (χ0n) is 15.0. The molecule has 1 atom stereocenters. The fraction of sp³-hybridized carbons (Fsp3) is 0.632. The number of para-hydroxylation sites is 1. The van der Waals surface area contributed by atoms with Gasteiger partial charge in [-0.2, -0.15) is 0 Å². The Morgan fingerprint density at radius 3 is 2.62 bits per heavy atom. The van der Waals surface area contributed by atoms with Gasteiger partial charge in [-0.1, -0.05) is 25.1 Å². The molecule has 1 saturated heterocycles. The fourth-order valence-corrected chi connectivity index (χ4v) is 3.17. The van der Waals surface area contributed by atoms with E-state index >= 15 is 0 Å². The van der Waals surface area contributed by atoms with Gasteiger partial charge in [-0.15, -0.1) is 0 Å². The van der Waals surface area contributed by atoms with Crippen molar-refractivity contribution in [2.75, 3.05) is 24.6 Å². The minimum atomic E-state index is -0.370. The van der Waals surface area contributed by atoms with Crippen LogP contribution in [0.25, 0.3) is 0 Å². The first-order valence-corrected chi connectivity index (χ1v) is 9.08. The van der Waals surface area contributed by atoms with Crippen molar-refractivity contribution in [3.05, 3.63) is 29.8 Å². The molecule has 5 heteroatoms. The summed E-state index contributed by atoms with van der Waals surface area (Å²) < 4.78 is 0. The molecule has 1 aromatic carbocycles. The normalized spacial score (nSPS) is 17.2. The van der Waals surface area contributed by atoms with Gasteiger partial charge in [-0.3, -0.25) is 0 Å². The molecular formula is C19H31N3O2. The Hall–Kier alpha value is -1.75. The van der Waals surface area contributed by atoms with Crippen molar-refractivity contribution in [2.45, 2.75) is 58.0 Å². The predicted molar refractivity (Wildman–Crippen MR) is 98.3 cm³/mol. The Morgan fingerprint density at radius 2 is 1.96 bits per heavy atom. The molecule has 0 saturated carbocycles. The van der Waals surface area contributed by atoms with E-state index in [0.29, 0.717) is 13.0 Å². The molecule has 0 aliphatic carbocycles. The van der Waals surface area contributed by atoms with E-state index in [2.05, 4.69) is 33.7 Å². The lowest BCUT2D eigenvalue weighted by Gasteiger charge is -2.31. The number of nitrogens with zero attached hydrogens (tertiary/aromatic N) is 1. The predicted octanol–water partition coefficient (Wildman–Crippen LogP) is 3.03. The molecule has 1 aromatic rings. The minimum absolute atomic E-state index is 0.0718. The van der Waals surface area contributed by atoms with E-state index in [9.17, 15) is 4.79 Å². The lowest BCUT2D eigenvalue weighted by molar-refractivity contribution is 0.200. The summed E-state index contributed by atoms with van der Waals surface area (Å²) in [5.74, 6) is 0. The van der Waals surface area contributed by atoms with Crippen molar-refractivity contribution in [1.29, 1.82) is 0 Å². The molecule has 1 unspecified atom stereocenters.